The van der Waals surface area contributed by atoms with E-state index in [9.17, 15) is 0 Å². The smallest absolute Gasteiger partial charge is 0.145 e. The Hall–Kier alpha value is -3.65. The second-order valence-corrected chi connectivity index (χ2v) is 6.92. The second kappa shape index (κ2) is 6.82. The van der Waals surface area contributed by atoms with Crippen LogP contribution in [0.2, 0.25) is 0 Å². The molecule has 2 heteroatoms. The molecule has 0 N–H and O–H groups in total. The number of hydrogen-bond donors (Lipinski definition) is 0. The van der Waals surface area contributed by atoms with Crippen LogP contribution in [0.5, 0.6) is 0 Å². The molecule has 0 spiro atoms. The summed E-state index contributed by atoms with van der Waals surface area (Å²) in [5.41, 5.74) is 5.62. The first kappa shape index (κ1) is 16.5. The lowest BCUT2D eigenvalue weighted by molar-refractivity contribution is 0.988. The highest BCUT2D eigenvalue weighted by atomic mass is 15.0. The fraction of sp³-hybridized carbons (Fsp3) is 0.0385. The van der Waals surface area contributed by atoms with Crippen LogP contribution in [0.4, 0.5) is 0 Å². The molecule has 0 bridgehead atoms. The fourth-order valence-electron chi connectivity index (χ4n) is 3.93. The molecule has 3 aromatic carbocycles. The number of para-hydroxylation sites is 1. The number of allylic oxidation sites excluding steroid dienone is 1. The minimum Gasteiger partial charge on any atom is -0.292 e. The third-order valence-electron chi connectivity index (χ3n) is 5.26. The van der Waals surface area contributed by atoms with E-state index in [1.54, 1.807) is 0 Å². The number of fused-ring (bicyclic) bond motifs is 3. The van der Waals surface area contributed by atoms with Crippen molar-refractivity contribution in [1.82, 2.24) is 9.38 Å². The van der Waals surface area contributed by atoms with Gasteiger partial charge in [0.2, 0.25) is 0 Å². The summed E-state index contributed by atoms with van der Waals surface area (Å²) in [7, 11) is 0. The Bertz CT molecular complexity index is 1270. The molecule has 2 heterocycles. The Morgan fingerprint density at radius 3 is 2.14 bits per heavy atom. The van der Waals surface area contributed by atoms with Crippen molar-refractivity contribution in [2.24, 2.45) is 0 Å². The van der Waals surface area contributed by atoms with Crippen LogP contribution in [0.3, 0.4) is 0 Å². The standard InChI is InChI=1S/C26H20N2/c1-2-22(19-11-5-3-6-12-19)25-24-18-17-20-13-9-10-16-23(20)28(24)26(27-25)21-14-7-4-8-15-21/h2-18,22H,1H2. The van der Waals surface area contributed by atoms with Crippen LogP contribution in [-0.2, 0) is 0 Å². The van der Waals surface area contributed by atoms with Gasteiger partial charge in [0.05, 0.1) is 16.7 Å². The summed E-state index contributed by atoms with van der Waals surface area (Å²) in [5.74, 6) is 1.00. The first-order chi connectivity index (χ1) is 13.9. The van der Waals surface area contributed by atoms with Gasteiger partial charge < -0.3 is 0 Å². The second-order valence-electron chi connectivity index (χ2n) is 6.92. The first-order valence-electron chi connectivity index (χ1n) is 9.50. The van der Waals surface area contributed by atoms with Crippen molar-refractivity contribution in [1.29, 1.82) is 0 Å². The van der Waals surface area contributed by atoms with Crippen LogP contribution in [0.25, 0.3) is 27.8 Å². The normalized spacial score (nSPS) is 12.3. The van der Waals surface area contributed by atoms with Crippen LogP contribution in [0, 0.1) is 0 Å². The predicted octanol–water partition coefficient (Wildman–Crippen LogP) is 6.47. The minimum absolute atomic E-state index is 0.0369. The lowest BCUT2D eigenvalue weighted by Gasteiger charge is -2.11. The molecule has 5 aromatic rings. The summed E-state index contributed by atoms with van der Waals surface area (Å²) >= 11 is 0. The van der Waals surface area contributed by atoms with Crippen LogP contribution < -0.4 is 0 Å². The number of benzene rings is 3. The highest BCUT2D eigenvalue weighted by Gasteiger charge is 2.21. The molecular weight excluding hydrogens is 340 g/mol. The van der Waals surface area contributed by atoms with E-state index >= 15 is 0 Å². The molecule has 0 aliphatic rings. The zero-order chi connectivity index (χ0) is 18.9. The van der Waals surface area contributed by atoms with Crippen molar-refractivity contribution >= 4 is 16.4 Å². The summed E-state index contributed by atoms with van der Waals surface area (Å²) in [5, 5.41) is 1.20. The average molecular weight is 360 g/mol. The van der Waals surface area contributed by atoms with Gasteiger partial charge >= 0.3 is 0 Å². The molecule has 28 heavy (non-hydrogen) atoms. The monoisotopic (exact) mass is 360 g/mol. The third kappa shape index (κ3) is 2.62. The zero-order valence-electron chi connectivity index (χ0n) is 15.5. The molecule has 0 amide bonds. The topological polar surface area (TPSA) is 17.3 Å². The molecule has 0 saturated carbocycles. The van der Waals surface area contributed by atoms with Crippen molar-refractivity contribution in [2.45, 2.75) is 5.92 Å². The molecule has 0 fully saturated rings. The highest BCUT2D eigenvalue weighted by molar-refractivity contribution is 5.86. The maximum absolute atomic E-state index is 5.15. The Morgan fingerprint density at radius 2 is 1.39 bits per heavy atom. The third-order valence-corrected chi connectivity index (χ3v) is 5.26. The molecule has 2 nitrogen and oxygen atoms in total. The zero-order valence-corrected chi connectivity index (χ0v) is 15.5. The van der Waals surface area contributed by atoms with E-state index in [0.717, 1.165) is 28.1 Å². The average Bonchev–Trinajstić information content (AvgIpc) is 3.16. The van der Waals surface area contributed by atoms with E-state index in [1.165, 1.54) is 10.9 Å². The number of rotatable bonds is 4. The lowest BCUT2D eigenvalue weighted by Crippen LogP contribution is -1.98. The van der Waals surface area contributed by atoms with E-state index in [-0.39, 0.29) is 5.92 Å². The Balaban J connectivity index is 1.86. The van der Waals surface area contributed by atoms with Crippen LogP contribution in [0.15, 0.2) is 110 Å². The van der Waals surface area contributed by atoms with Crippen molar-refractivity contribution < 1.29 is 0 Å². The molecule has 1 atom stereocenters. The maximum Gasteiger partial charge on any atom is 0.145 e. The van der Waals surface area contributed by atoms with Crippen LogP contribution in [-0.4, -0.2) is 9.38 Å². The molecule has 0 saturated heterocycles. The van der Waals surface area contributed by atoms with Gasteiger partial charge in [0, 0.05) is 11.5 Å². The van der Waals surface area contributed by atoms with E-state index in [4.69, 9.17) is 4.98 Å². The van der Waals surface area contributed by atoms with Gasteiger partial charge in [-0.2, -0.15) is 0 Å². The van der Waals surface area contributed by atoms with Crippen molar-refractivity contribution in [3.05, 3.63) is 121 Å². The molecule has 0 aliphatic heterocycles. The first-order valence-corrected chi connectivity index (χ1v) is 9.50. The SMILES string of the molecule is C=CC(c1ccccc1)c1nc(-c2ccccc2)n2c1ccc1ccccc12. The van der Waals surface area contributed by atoms with E-state index in [0.29, 0.717) is 0 Å². The quantitative estimate of drug-likeness (QED) is 0.336. The van der Waals surface area contributed by atoms with Gasteiger partial charge in [-0.05, 0) is 23.1 Å². The number of nitrogens with zero attached hydrogens (tertiary/aromatic N) is 2. The molecule has 0 aliphatic carbocycles. The van der Waals surface area contributed by atoms with Gasteiger partial charge in [0.15, 0.2) is 0 Å². The summed E-state index contributed by atoms with van der Waals surface area (Å²) < 4.78 is 2.28. The van der Waals surface area contributed by atoms with E-state index < -0.39 is 0 Å². The van der Waals surface area contributed by atoms with Gasteiger partial charge in [-0.15, -0.1) is 6.58 Å². The van der Waals surface area contributed by atoms with Crippen molar-refractivity contribution in [3.63, 3.8) is 0 Å². The molecule has 134 valence electrons. The summed E-state index contributed by atoms with van der Waals surface area (Å²) in [6, 6.07) is 33.7. The molecule has 5 rings (SSSR count). The number of imidazole rings is 1. The molecular formula is C26H20N2. The van der Waals surface area contributed by atoms with E-state index in [1.807, 2.05) is 18.2 Å². The van der Waals surface area contributed by atoms with Gasteiger partial charge in [-0.3, -0.25) is 4.40 Å². The Kier molecular flexibility index (Phi) is 4.02. The van der Waals surface area contributed by atoms with Gasteiger partial charge in [0.25, 0.3) is 0 Å². The maximum atomic E-state index is 5.15. The number of pyridine rings is 1. The highest BCUT2D eigenvalue weighted by Crippen LogP contribution is 2.34. The van der Waals surface area contributed by atoms with Crippen LogP contribution in [0.1, 0.15) is 17.2 Å². The number of aromatic nitrogens is 2. The van der Waals surface area contributed by atoms with Crippen molar-refractivity contribution in [2.75, 3.05) is 0 Å². The van der Waals surface area contributed by atoms with Gasteiger partial charge in [-0.1, -0.05) is 91.0 Å². The Morgan fingerprint density at radius 1 is 0.714 bits per heavy atom. The summed E-state index contributed by atoms with van der Waals surface area (Å²) in [6.07, 6.45) is 1.99. The van der Waals surface area contributed by atoms with Crippen LogP contribution >= 0.6 is 0 Å². The summed E-state index contributed by atoms with van der Waals surface area (Å²) in [4.78, 5) is 5.15. The fourth-order valence-corrected chi connectivity index (χ4v) is 3.93. The minimum atomic E-state index is 0.0369. The number of hydrogen-bond acceptors (Lipinski definition) is 1. The van der Waals surface area contributed by atoms with Gasteiger partial charge in [-0.25, -0.2) is 4.98 Å². The molecule has 2 aromatic heterocycles. The largest absolute Gasteiger partial charge is 0.292 e. The Labute approximate surface area is 164 Å². The van der Waals surface area contributed by atoms with Gasteiger partial charge in [0.1, 0.15) is 5.82 Å². The predicted molar refractivity (Wildman–Crippen MR) is 117 cm³/mol. The lowest BCUT2D eigenvalue weighted by atomic mass is 9.95. The molecule has 1 unspecified atom stereocenters. The summed E-state index contributed by atoms with van der Waals surface area (Å²) in [6.45, 7) is 4.12. The molecule has 0 radical (unpaired) electrons. The van der Waals surface area contributed by atoms with E-state index in [2.05, 4.69) is 95.9 Å². The van der Waals surface area contributed by atoms with Crippen molar-refractivity contribution in [3.8, 4) is 11.4 Å².